The maximum Gasteiger partial charge on any atom is 0.215 e. The molecule has 0 aliphatic rings. The molecule has 1 aromatic rings. The normalized spacial score (nSPS) is 13.0. The van der Waals surface area contributed by atoms with Gasteiger partial charge in [0.1, 0.15) is 5.82 Å². The van der Waals surface area contributed by atoms with Crippen molar-refractivity contribution in [3.8, 4) is 6.07 Å². The largest absolute Gasteiger partial charge is 0.215 e. The first kappa shape index (κ1) is 13.6. The minimum absolute atomic E-state index is 0.0350. The van der Waals surface area contributed by atoms with Crippen molar-refractivity contribution in [2.24, 2.45) is 5.92 Å². The van der Waals surface area contributed by atoms with Crippen molar-refractivity contribution in [3.05, 3.63) is 35.6 Å². The zero-order valence-electron chi connectivity index (χ0n) is 9.35. The molecule has 0 aliphatic heterocycles. The topological polar surface area (TPSA) is 70.0 Å². The Morgan fingerprint density at radius 2 is 2.12 bits per heavy atom. The quantitative estimate of drug-likeness (QED) is 0.865. The molecule has 0 amide bonds. The van der Waals surface area contributed by atoms with Crippen molar-refractivity contribution in [2.45, 2.75) is 12.7 Å². The lowest BCUT2D eigenvalue weighted by atomic mass is 10.2. The van der Waals surface area contributed by atoms with E-state index in [1.165, 1.54) is 18.2 Å². The van der Waals surface area contributed by atoms with Crippen molar-refractivity contribution in [1.82, 2.24) is 4.72 Å². The number of nitriles is 1. The van der Waals surface area contributed by atoms with Gasteiger partial charge in [-0.1, -0.05) is 18.2 Å². The fourth-order valence-corrected chi connectivity index (χ4v) is 2.42. The van der Waals surface area contributed by atoms with E-state index in [1.807, 2.05) is 6.07 Å². The van der Waals surface area contributed by atoms with Gasteiger partial charge in [0.2, 0.25) is 10.0 Å². The molecule has 0 saturated heterocycles. The molecule has 1 atom stereocenters. The standard InChI is InChI=1S/C11H13FN2O2S/c1-9(6-13)7-14-17(15,16)8-10-4-2-3-5-11(10)12/h2-5,9,14H,7-8H2,1H3/t9-/m1/s1. The van der Waals surface area contributed by atoms with Gasteiger partial charge in [-0.2, -0.15) is 5.26 Å². The van der Waals surface area contributed by atoms with Crippen LogP contribution in [0.2, 0.25) is 0 Å². The monoisotopic (exact) mass is 256 g/mol. The van der Waals surface area contributed by atoms with E-state index in [-0.39, 0.29) is 12.1 Å². The second-order valence-corrected chi connectivity index (χ2v) is 5.54. The highest BCUT2D eigenvalue weighted by atomic mass is 32.2. The van der Waals surface area contributed by atoms with Crippen LogP contribution in [0.1, 0.15) is 12.5 Å². The summed E-state index contributed by atoms with van der Waals surface area (Å²) in [7, 11) is -3.60. The third-order valence-corrected chi connectivity index (χ3v) is 3.43. The number of rotatable bonds is 5. The lowest BCUT2D eigenvalue weighted by molar-refractivity contribution is 0.567. The third-order valence-electron chi connectivity index (χ3n) is 2.13. The maximum atomic E-state index is 13.2. The molecule has 1 aromatic carbocycles. The molecule has 1 N–H and O–H groups in total. The Kier molecular flexibility index (Phi) is 4.61. The van der Waals surface area contributed by atoms with E-state index in [1.54, 1.807) is 13.0 Å². The van der Waals surface area contributed by atoms with Crippen molar-refractivity contribution < 1.29 is 12.8 Å². The van der Waals surface area contributed by atoms with E-state index in [2.05, 4.69) is 4.72 Å². The van der Waals surface area contributed by atoms with Gasteiger partial charge in [-0.05, 0) is 13.0 Å². The number of nitrogens with one attached hydrogen (secondary N) is 1. The summed E-state index contributed by atoms with van der Waals surface area (Å²) in [5, 5.41) is 8.52. The average Bonchev–Trinajstić information content (AvgIpc) is 2.29. The van der Waals surface area contributed by atoms with Crippen LogP contribution < -0.4 is 4.72 Å². The molecule has 92 valence electrons. The summed E-state index contributed by atoms with van der Waals surface area (Å²) in [6, 6.07) is 7.61. The molecule has 0 spiro atoms. The first-order chi connectivity index (χ1) is 7.94. The van der Waals surface area contributed by atoms with Crippen molar-refractivity contribution in [1.29, 1.82) is 5.26 Å². The summed E-state index contributed by atoms with van der Waals surface area (Å²) in [5.41, 5.74) is 0.115. The van der Waals surface area contributed by atoms with E-state index < -0.39 is 27.5 Å². The van der Waals surface area contributed by atoms with Gasteiger partial charge >= 0.3 is 0 Å². The molecule has 6 heteroatoms. The van der Waals surface area contributed by atoms with Crippen LogP contribution in [0.4, 0.5) is 4.39 Å². The summed E-state index contributed by atoms with van der Waals surface area (Å²) in [4.78, 5) is 0. The fraction of sp³-hybridized carbons (Fsp3) is 0.364. The molecular weight excluding hydrogens is 243 g/mol. The van der Waals surface area contributed by atoms with Gasteiger partial charge in [0.15, 0.2) is 0 Å². The van der Waals surface area contributed by atoms with E-state index in [0.717, 1.165) is 0 Å². The van der Waals surface area contributed by atoms with Gasteiger partial charge in [-0.15, -0.1) is 0 Å². The molecule has 4 nitrogen and oxygen atoms in total. The molecule has 17 heavy (non-hydrogen) atoms. The number of hydrogen-bond donors (Lipinski definition) is 1. The number of halogens is 1. The predicted octanol–water partition coefficient (Wildman–Crippen LogP) is 1.40. The first-order valence-electron chi connectivity index (χ1n) is 5.05. The molecule has 0 saturated carbocycles. The minimum Gasteiger partial charge on any atom is -0.214 e. The summed E-state index contributed by atoms with van der Waals surface area (Å²) in [5.74, 6) is -1.38. The Hall–Kier alpha value is -1.45. The van der Waals surface area contributed by atoms with E-state index in [0.29, 0.717) is 0 Å². The summed E-state index contributed by atoms with van der Waals surface area (Å²) in [6.07, 6.45) is 0. The number of sulfonamides is 1. The van der Waals surface area contributed by atoms with Gasteiger partial charge in [-0.3, -0.25) is 0 Å². The van der Waals surface area contributed by atoms with Crippen LogP contribution in [0.3, 0.4) is 0 Å². The molecule has 1 rings (SSSR count). The van der Waals surface area contributed by atoms with E-state index >= 15 is 0 Å². The lowest BCUT2D eigenvalue weighted by Gasteiger charge is -2.08. The van der Waals surface area contributed by atoms with Gasteiger partial charge in [0.05, 0.1) is 17.7 Å². The Morgan fingerprint density at radius 3 is 2.71 bits per heavy atom. The summed E-state index contributed by atoms with van der Waals surface area (Å²) >= 11 is 0. The second-order valence-electron chi connectivity index (χ2n) is 3.73. The van der Waals surface area contributed by atoms with E-state index in [4.69, 9.17) is 5.26 Å². The Morgan fingerprint density at radius 1 is 1.47 bits per heavy atom. The zero-order chi connectivity index (χ0) is 12.9. The molecule has 0 fully saturated rings. The highest BCUT2D eigenvalue weighted by Crippen LogP contribution is 2.09. The van der Waals surface area contributed by atoms with Crippen molar-refractivity contribution in [2.75, 3.05) is 6.54 Å². The van der Waals surface area contributed by atoms with Gasteiger partial charge < -0.3 is 0 Å². The smallest absolute Gasteiger partial charge is 0.214 e. The molecule has 0 unspecified atom stereocenters. The fourth-order valence-electron chi connectivity index (χ4n) is 1.17. The Labute approximate surface area is 100 Å². The van der Waals surface area contributed by atoms with Gasteiger partial charge in [-0.25, -0.2) is 17.5 Å². The molecule has 0 aromatic heterocycles. The first-order valence-corrected chi connectivity index (χ1v) is 6.70. The van der Waals surface area contributed by atoms with Crippen LogP contribution in [0, 0.1) is 23.1 Å². The second kappa shape index (κ2) is 5.75. The molecule has 0 heterocycles. The van der Waals surface area contributed by atoms with Crippen LogP contribution in [-0.4, -0.2) is 15.0 Å². The highest BCUT2D eigenvalue weighted by Gasteiger charge is 2.14. The van der Waals surface area contributed by atoms with Crippen LogP contribution in [0.15, 0.2) is 24.3 Å². The van der Waals surface area contributed by atoms with Crippen LogP contribution in [0.25, 0.3) is 0 Å². The molecule has 0 aliphatic carbocycles. The van der Waals surface area contributed by atoms with Crippen molar-refractivity contribution >= 4 is 10.0 Å². The summed E-state index contributed by atoms with van der Waals surface area (Å²) < 4.78 is 38.7. The molecule has 0 bridgehead atoms. The molecular formula is C11H13FN2O2S. The van der Waals surface area contributed by atoms with Gasteiger partial charge in [0, 0.05) is 12.1 Å². The number of hydrogen-bond acceptors (Lipinski definition) is 3. The Bertz CT molecular complexity index is 523. The number of nitrogens with zero attached hydrogens (tertiary/aromatic N) is 1. The SMILES string of the molecule is C[C@H](C#N)CNS(=O)(=O)Cc1ccccc1F. The zero-order valence-corrected chi connectivity index (χ0v) is 10.2. The lowest BCUT2D eigenvalue weighted by Crippen LogP contribution is -2.29. The average molecular weight is 256 g/mol. The molecule has 0 radical (unpaired) electrons. The van der Waals surface area contributed by atoms with E-state index in [9.17, 15) is 12.8 Å². The van der Waals surface area contributed by atoms with Crippen LogP contribution in [0.5, 0.6) is 0 Å². The number of benzene rings is 1. The summed E-state index contributed by atoms with van der Waals surface area (Å²) in [6.45, 7) is 1.64. The van der Waals surface area contributed by atoms with Crippen LogP contribution in [-0.2, 0) is 15.8 Å². The minimum atomic E-state index is -3.60. The predicted molar refractivity (Wildman–Crippen MR) is 61.8 cm³/mol. The third kappa shape index (κ3) is 4.51. The highest BCUT2D eigenvalue weighted by molar-refractivity contribution is 7.88. The Balaban J connectivity index is 2.68. The maximum absolute atomic E-state index is 13.2. The van der Waals surface area contributed by atoms with Gasteiger partial charge in [0.25, 0.3) is 0 Å². The van der Waals surface area contributed by atoms with Crippen LogP contribution >= 0.6 is 0 Å². The van der Waals surface area contributed by atoms with Crippen molar-refractivity contribution in [3.63, 3.8) is 0 Å².